The van der Waals surface area contributed by atoms with Crippen LogP contribution in [0.25, 0.3) is 0 Å². The molecule has 0 spiro atoms. The standard InChI is InChI=1S/C16H26FN3/c1-16(2,3)20-10-8-19(9-11-20)15-7-5-6-14(17)13(15)12-18-4/h5-7,18H,8-12H2,1-4H3. The highest BCUT2D eigenvalue weighted by molar-refractivity contribution is 5.54. The minimum Gasteiger partial charge on any atom is -0.369 e. The average molecular weight is 279 g/mol. The van der Waals surface area contributed by atoms with Crippen LogP contribution in [0.5, 0.6) is 0 Å². The number of piperazine rings is 1. The fourth-order valence-corrected chi connectivity index (χ4v) is 2.81. The van der Waals surface area contributed by atoms with Gasteiger partial charge in [0, 0.05) is 49.5 Å². The summed E-state index contributed by atoms with van der Waals surface area (Å²) in [6.45, 7) is 11.3. The summed E-state index contributed by atoms with van der Waals surface area (Å²) in [5, 5.41) is 3.06. The summed E-state index contributed by atoms with van der Waals surface area (Å²) >= 11 is 0. The third-order valence-corrected chi connectivity index (χ3v) is 4.02. The summed E-state index contributed by atoms with van der Waals surface area (Å²) in [5.41, 5.74) is 2.02. The van der Waals surface area contributed by atoms with Crippen LogP contribution in [0, 0.1) is 5.82 Å². The molecule has 1 aliphatic heterocycles. The zero-order valence-electron chi connectivity index (χ0n) is 13.0. The monoisotopic (exact) mass is 279 g/mol. The van der Waals surface area contributed by atoms with E-state index in [2.05, 4.69) is 35.9 Å². The largest absolute Gasteiger partial charge is 0.369 e. The van der Waals surface area contributed by atoms with E-state index in [-0.39, 0.29) is 11.4 Å². The van der Waals surface area contributed by atoms with Gasteiger partial charge in [-0.05, 0) is 40.0 Å². The van der Waals surface area contributed by atoms with Gasteiger partial charge in [0.15, 0.2) is 0 Å². The van der Waals surface area contributed by atoms with Gasteiger partial charge in [0.2, 0.25) is 0 Å². The van der Waals surface area contributed by atoms with Crippen LogP contribution < -0.4 is 10.2 Å². The molecule has 112 valence electrons. The van der Waals surface area contributed by atoms with Crippen LogP contribution in [0.1, 0.15) is 26.3 Å². The third-order valence-electron chi connectivity index (χ3n) is 4.02. The summed E-state index contributed by atoms with van der Waals surface area (Å²) < 4.78 is 14.0. The molecule has 1 aliphatic rings. The van der Waals surface area contributed by atoms with E-state index in [1.54, 1.807) is 12.1 Å². The molecule has 4 heteroatoms. The van der Waals surface area contributed by atoms with Gasteiger partial charge in [-0.15, -0.1) is 0 Å². The molecule has 0 atom stereocenters. The minimum atomic E-state index is -0.116. The Morgan fingerprint density at radius 3 is 2.35 bits per heavy atom. The van der Waals surface area contributed by atoms with E-state index >= 15 is 0 Å². The number of anilines is 1. The second kappa shape index (κ2) is 6.10. The topological polar surface area (TPSA) is 18.5 Å². The average Bonchev–Trinajstić information content (AvgIpc) is 2.40. The molecule has 0 aliphatic carbocycles. The van der Waals surface area contributed by atoms with Crippen molar-refractivity contribution in [2.75, 3.05) is 38.1 Å². The molecule has 20 heavy (non-hydrogen) atoms. The summed E-state index contributed by atoms with van der Waals surface area (Å²) in [7, 11) is 1.85. The maximum Gasteiger partial charge on any atom is 0.129 e. The Morgan fingerprint density at radius 1 is 1.15 bits per heavy atom. The van der Waals surface area contributed by atoms with Gasteiger partial charge in [0.25, 0.3) is 0 Å². The van der Waals surface area contributed by atoms with E-state index in [0.29, 0.717) is 6.54 Å². The van der Waals surface area contributed by atoms with Crippen molar-refractivity contribution in [3.8, 4) is 0 Å². The van der Waals surface area contributed by atoms with E-state index < -0.39 is 0 Å². The summed E-state index contributed by atoms with van der Waals surface area (Å²) in [5.74, 6) is -0.116. The van der Waals surface area contributed by atoms with E-state index in [1.807, 2.05) is 13.1 Å². The fourth-order valence-electron chi connectivity index (χ4n) is 2.81. The summed E-state index contributed by atoms with van der Waals surface area (Å²) in [6.07, 6.45) is 0. The molecular formula is C16H26FN3. The van der Waals surface area contributed by atoms with E-state index in [0.717, 1.165) is 37.4 Å². The molecule has 2 rings (SSSR count). The highest BCUT2D eigenvalue weighted by Gasteiger charge is 2.26. The van der Waals surface area contributed by atoms with E-state index in [1.165, 1.54) is 0 Å². The van der Waals surface area contributed by atoms with Crippen LogP contribution in [-0.4, -0.2) is 43.7 Å². The Labute approximate surface area is 121 Å². The van der Waals surface area contributed by atoms with Gasteiger partial charge in [-0.3, -0.25) is 4.90 Å². The van der Waals surface area contributed by atoms with Gasteiger partial charge in [-0.25, -0.2) is 4.39 Å². The number of hydrogen-bond acceptors (Lipinski definition) is 3. The Hall–Kier alpha value is -1.13. The molecule has 0 aromatic heterocycles. The quantitative estimate of drug-likeness (QED) is 0.917. The predicted octanol–water partition coefficient (Wildman–Crippen LogP) is 2.47. The molecule has 1 aromatic rings. The lowest BCUT2D eigenvalue weighted by Gasteiger charge is -2.43. The van der Waals surface area contributed by atoms with Crippen molar-refractivity contribution in [1.29, 1.82) is 0 Å². The minimum absolute atomic E-state index is 0.116. The van der Waals surface area contributed by atoms with Crippen LogP contribution in [0.3, 0.4) is 0 Å². The number of rotatable bonds is 3. The third kappa shape index (κ3) is 3.30. The molecule has 3 nitrogen and oxygen atoms in total. The maximum atomic E-state index is 14.0. The molecule has 1 N–H and O–H groups in total. The molecule has 1 fully saturated rings. The van der Waals surface area contributed by atoms with Crippen molar-refractivity contribution in [3.63, 3.8) is 0 Å². The first-order valence-corrected chi connectivity index (χ1v) is 7.35. The predicted molar refractivity (Wildman–Crippen MR) is 82.7 cm³/mol. The van der Waals surface area contributed by atoms with Crippen molar-refractivity contribution in [2.24, 2.45) is 0 Å². The lowest BCUT2D eigenvalue weighted by Crippen LogP contribution is -2.53. The second-order valence-electron chi connectivity index (χ2n) is 6.41. The van der Waals surface area contributed by atoms with Crippen molar-refractivity contribution in [2.45, 2.75) is 32.9 Å². The van der Waals surface area contributed by atoms with Crippen molar-refractivity contribution < 1.29 is 4.39 Å². The van der Waals surface area contributed by atoms with Gasteiger partial charge < -0.3 is 10.2 Å². The molecular weight excluding hydrogens is 253 g/mol. The molecule has 1 heterocycles. The van der Waals surface area contributed by atoms with E-state index in [4.69, 9.17) is 0 Å². The molecule has 0 amide bonds. The summed E-state index contributed by atoms with van der Waals surface area (Å²) in [6, 6.07) is 5.38. The van der Waals surface area contributed by atoms with Crippen LogP contribution in [0.2, 0.25) is 0 Å². The molecule has 0 saturated carbocycles. The Kier molecular flexibility index (Phi) is 4.66. The highest BCUT2D eigenvalue weighted by Crippen LogP contribution is 2.26. The molecule has 1 aromatic carbocycles. The Bertz CT molecular complexity index is 446. The number of nitrogens with zero attached hydrogens (tertiary/aromatic N) is 2. The maximum absolute atomic E-state index is 14.0. The van der Waals surface area contributed by atoms with Gasteiger partial charge in [-0.2, -0.15) is 0 Å². The Morgan fingerprint density at radius 2 is 1.80 bits per heavy atom. The lowest BCUT2D eigenvalue weighted by atomic mass is 10.0. The normalized spacial score (nSPS) is 17.6. The van der Waals surface area contributed by atoms with Crippen LogP contribution in [-0.2, 0) is 6.54 Å². The van der Waals surface area contributed by atoms with Gasteiger partial charge in [0.1, 0.15) is 5.82 Å². The van der Waals surface area contributed by atoms with E-state index in [9.17, 15) is 4.39 Å². The van der Waals surface area contributed by atoms with Crippen molar-refractivity contribution >= 4 is 5.69 Å². The molecule has 0 radical (unpaired) electrons. The molecule has 0 bridgehead atoms. The first-order valence-electron chi connectivity index (χ1n) is 7.35. The second-order valence-corrected chi connectivity index (χ2v) is 6.41. The SMILES string of the molecule is CNCc1c(F)cccc1N1CCN(C(C)(C)C)CC1. The smallest absolute Gasteiger partial charge is 0.129 e. The van der Waals surface area contributed by atoms with Crippen LogP contribution in [0.15, 0.2) is 18.2 Å². The fraction of sp³-hybridized carbons (Fsp3) is 0.625. The first kappa shape index (κ1) is 15.3. The first-order chi connectivity index (χ1) is 9.43. The number of hydrogen-bond donors (Lipinski definition) is 1. The molecule has 1 saturated heterocycles. The number of benzene rings is 1. The van der Waals surface area contributed by atoms with Gasteiger partial charge in [0.05, 0.1) is 0 Å². The van der Waals surface area contributed by atoms with Crippen molar-refractivity contribution in [1.82, 2.24) is 10.2 Å². The number of nitrogens with one attached hydrogen (secondary N) is 1. The zero-order valence-corrected chi connectivity index (χ0v) is 13.0. The zero-order chi connectivity index (χ0) is 14.8. The van der Waals surface area contributed by atoms with Crippen LogP contribution >= 0.6 is 0 Å². The van der Waals surface area contributed by atoms with Gasteiger partial charge >= 0.3 is 0 Å². The van der Waals surface area contributed by atoms with Crippen LogP contribution in [0.4, 0.5) is 10.1 Å². The van der Waals surface area contributed by atoms with Gasteiger partial charge in [-0.1, -0.05) is 6.07 Å². The lowest BCUT2D eigenvalue weighted by molar-refractivity contribution is 0.128. The number of halogens is 1. The van der Waals surface area contributed by atoms with Crippen molar-refractivity contribution in [3.05, 3.63) is 29.6 Å². The summed E-state index contributed by atoms with van der Waals surface area (Å²) in [4.78, 5) is 4.79. The molecule has 0 unspecified atom stereocenters. The Balaban J connectivity index is 2.13. The highest BCUT2D eigenvalue weighted by atomic mass is 19.1.